The monoisotopic (exact) mass is 268 g/mol. The van der Waals surface area contributed by atoms with Gasteiger partial charge < -0.3 is 9.84 Å². The molecule has 5 heteroatoms. The average molecular weight is 268 g/mol. The molecule has 1 N–H and O–H groups in total. The van der Waals surface area contributed by atoms with Gasteiger partial charge in [-0.3, -0.25) is 0 Å². The summed E-state index contributed by atoms with van der Waals surface area (Å²) in [6.45, 7) is 2.00. The van der Waals surface area contributed by atoms with E-state index in [0.29, 0.717) is 17.7 Å². The summed E-state index contributed by atoms with van der Waals surface area (Å²) in [6, 6.07) is 8.39. The Balaban J connectivity index is 2.55. The van der Waals surface area contributed by atoms with Crippen LogP contribution in [0.2, 0.25) is 0 Å². The summed E-state index contributed by atoms with van der Waals surface area (Å²) in [6.07, 6.45) is -0.747. The van der Waals surface area contributed by atoms with E-state index in [1.165, 1.54) is 0 Å². The van der Waals surface area contributed by atoms with E-state index in [1.807, 2.05) is 6.92 Å². The van der Waals surface area contributed by atoms with E-state index in [2.05, 4.69) is 0 Å². The summed E-state index contributed by atoms with van der Waals surface area (Å²) in [5, 5.41) is 8.98. The SMILES string of the molecule is CCSCCC(OC(=O)c1ccccc1)C(=O)O. The number of ether oxygens (including phenoxy) is 1. The number of hydrogen-bond donors (Lipinski definition) is 1. The number of aliphatic carboxylic acids is 1. The Morgan fingerprint density at radius 3 is 2.56 bits per heavy atom. The zero-order valence-electron chi connectivity index (χ0n) is 10.2. The fourth-order valence-electron chi connectivity index (χ4n) is 1.34. The lowest BCUT2D eigenvalue weighted by Crippen LogP contribution is -2.27. The van der Waals surface area contributed by atoms with E-state index in [0.717, 1.165) is 5.75 Å². The highest BCUT2D eigenvalue weighted by atomic mass is 32.2. The smallest absolute Gasteiger partial charge is 0.345 e. The standard InChI is InChI=1S/C13H16O4S/c1-2-18-9-8-11(12(14)15)17-13(16)10-6-4-3-5-7-10/h3-7,11H,2,8-9H2,1H3,(H,14,15). The number of esters is 1. The van der Waals surface area contributed by atoms with Gasteiger partial charge in [-0.15, -0.1) is 0 Å². The second kappa shape index (κ2) is 7.76. The zero-order valence-corrected chi connectivity index (χ0v) is 11.0. The Morgan fingerprint density at radius 2 is 2.00 bits per heavy atom. The summed E-state index contributed by atoms with van der Waals surface area (Å²) in [5.41, 5.74) is 0.367. The predicted molar refractivity (Wildman–Crippen MR) is 70.9 cm³/mol. The molecule has 1 unspecified atom stereocenters. The van der Waals surface area contributed by atoms with Crippen LogP contribution in [-0.2, 0) is 9.53 Å². The summed E-state index contributed by atoms with van der Waals surface area (Å²) in [7, 11) is 0. The van der Waals surface area contributed by atoms with Crippen molar-refractivity contribution >= 4 is 23.7 Å². The number of carboxylic acid groups (broad SMARTS) is 1. The summed E-state index contributed by atoms with van der Waals surface area (Å²) < 4.78 is 4.99. The molecule has 0 heterocycles. The third-order valence-electron chi connectivity index (χ3n) is 2.26. The maximum Gasteiger partial charge on any atom is 0.345 e. The second-order valence-electron chi connectivity index (χ2n) is 3.58. The molecule has 0 radical (unpaired) electrons. The third kappa shape index (κ3) is 4.79. The molecule has 1 aromatic rings. The van der Waals surface area contributed by atoms with Gasteiger partial charge in [0.1, 0.15) is 0 Å². The van der Waals surface area contributed by atoms with Gasteiger partial charge in [0.2, 0.25) is 0 Å². The van der Waals surface area contributed by atoms with Gasteiger partial charge in [0.15, 0.2) is 6.10 Å². The molecule has 98 valence electrons. The quantitative estimate of drug-likeness (QED) is 0.608. The van der Waals surface area contributed by atoms with Crippen LogP contribution >= 0.6 is 11.8 Å². The fraction of sp³-hybridized carbons (Fsp3) is 0.385. The highest BCUT2D eigenvalue weighted by Crippen LogP contribution is 2.10. The van der Waals surface area contributed by atoms with Crippen molar-refractivity contribution in [1.82, 2.24) is 0 Å². The van der Waals surface area contributed by atoms with Crippen LogP contribution in [0.25, 0.3) is 0 Å². The molecular formula is C13H16O4S. The van der Waals surface area contributed by atoms with E-state index < -0.39 is 18.0 Å². The minimum atomic E-state index is -1.10. The summed E-state index contributed by atoms with van der Waals surface area (Å²) in [4.78, 5) is 22.7. The molecule has 0 saturated carbocycles. The lowest BCUT2D eigenvalue weighted by atomic mass is 10.2. The molecule has 0 aliphatic rings. The topological polar surface area (TPSA) is 63.6 Å². The van der Waals surface area contributed by atoms with Crippen LogP contribution in [0, 0.1) is 0 Å². The number of benzene rings is 1. The molecular weight excluding hydrogens is 252 g/mol. The predicted octanol–water partition coefficient (Wildman–Crippen LogP) is 2.44. The Bertz CT molecular complexity index is 391. The molecule has 1 atom stereocenters. The van der Waals surface area contributed by atoms with Crippen molar-refractivity contribution in [1.29, 1.82) is 0 Å². The molecule has 18 heavy (non-hydrogen) atoms. The Labute approximate surface area is 110 Å². The van der Waals surface area contributed by atoms with Gasteiger partial charge >= 0.3 is 11.9 Å². The van der Waals surface area contributed by atoms with Gasteiger partial charge in [-0.1, -0.05) is 25.1 Å². The lowest BCUT2D eigenvalue weighted by molar-refractivity contribution is -0.147. The Hall–Kier alpha value is -1.49. The Kier molecular flexibility index (Phi) is 6.28. The van der Waals surface area contributed by atoms with Crippen LogP contribution in [0.4, 0.5) is 0 Å². The minimum absolute atomic E-state index is 0.326. The number of carbonyl (C=O) groups excluding carboxylic acids is 1. The number of carboxylic acids is 1. The molecule has 0 saturated heterocycles. The summed E-state index contributed by atoms with van der Waals surface area (Å²) >= 11 is 1.62. The lowest BCUT2D eigenvalue weighted by Gasteiger charge is -2.13. The third-order valence-corrected chi connectivity index (χ3v) is 3.20. The van der Waals surface area contributed by atoms with Crippen molar-refractivity contribution in [2.24, 2.45) is 0 Å². The van der Waals surface area contributed by atoms with Crippen LogP contribution in [0.15, 0.2) is 30.3 Å². The van der Waals surface area contributed by atoms with Crippen molar-refractivity contribution in [3.05, 3.63) is 35.9 Å². The molecule has 4 nitrogen and oxygen atoms in total. The normalized spacial score (nSPS) is 11.8. The van der Waals surface area contributed by atoms with Gasteiger partial charge in [0.05, 0.1) is 5.56 Å². The molecule has 0 fully saturated rings. The maximum absolute atomic E-state index is 11.7. The van der Waals surface area contributed by atoms with Crippen LogP contribution in [0.1, 0.15) is 23.7 Å². The highest BCUT2D eigenvalue weighted by molar-refractivity contribution is 7.99. The van der Waals surface area contributed by atoms with Gasteiger partial charge in [-0.2, -0.15) is 11.8 Å². The zero-order chi connectivity index (χ0) is 13.4. The highest BCUT2D eigenvalue weighted by Gasteiger charge is 2.22. The van der Waals surface area contributed by atoms with Crippen LogP contribution < -0.4 is 0 Å². The molecule has 0 spiro atoms. The number of thioether (sulfide) groups is 1. The molecule has 1 aromatic carbocycles. The number of carbonyl (C=O) groups is 2. The molecule has 0 aromatic heterocycles. The van der Waals surface area contributed by atoms with E-state index in [4.69, 9.17) is 9.84 Å². The number of hydrogen-bond acceptors (Lipinski definition) is 4. The Morgan fingerprint density at radius 1 is 1.33 bits per heavy atom. The van der Waals surface area contributed by atoms with Gasteiger partial charge in [0, 0.05) is 6.42 Å². The second-order valence-corrected chi connectivity index (χ2v) is 4.98. The summed E-state index contributed by atoms with van der Waals surface area (Å²) in [5.74, 6) is -0.116. The van der Waals surface area contributed by atoms with E-state index in [1.54, 1.807) is 42.1 Å². The van der Waals surface area contributed by atoms with E-state index in [-0.39, 0.29) is 0 Å². The van der Waals surface area contributed by atoms with Crippen molar-refractivity contribution in [2.75, 3.05) is 11.5 Å². The van der Waals surface area contributed by atoms with Crippen molar-refractivity contribution < 1.29 is 19.4 Å². The average Bonchev–Trinajstić information content (AvgIpc) is 2.38. The minimum Gasteiger partial charge on any atom is -0.479 e. The van der Waals surface area contributed by atoms with Crippen molar-refractivity contribution in [3.8, 4) is 0 Å². The van der Waals surface area contributed by atoms with E-state index >= 15 is 0 Å². The molecule has 1 rings (SSSR count). The first kappa shape index (κ1) is 14.6. The van der Waals surface area contributed by atoms with E-state index in [9.17, 15) is 9.59 Å². The number of rotatable bonds is 7. The van der Waals surface area contributed by atoms with Crippen molar-refractivity contribution in [2.45, 2.75) is 19.4 Å². The fourth-order valence-corrected chi connectivity index (χ4v) is 2.01. The van der Waals surface area contributed by atoms with Gasteiger partial charge in [-0.05, 0) is 23.6 Å². The van der Waals surface area contributed by atoms with Gasteiger partial charge in [-0.25, -0.2) is 9.59 Å². The van der Waals surface area contributed by atoms with Crippen LogP contribution in [0.3, 0.4) is 0 Å². The largest absolute Gasteiger partial charge is 0.479 e. The first-order chi connectivity index (χ1) is 8.65. The molecule has 0 bridgehead atoms. The van der Waals surface area contributed by atoms with Crippen LogP contribution in [0.5, 0.6) is 0 Å². The molecule has 0 aliphatic heterocycles. The molecule has 0 aliphatic carbocycles. The van der Waals surface area contributed by atoms with Crippen molar-refractivity contribution in [3.63, 3.8) is 0 Å². The molecule has 0 amide bonds. The first-order valence-corrected chi connectivity index (χ1v) is 6.87. The van der Waals surface area contributed by atoms with Crippen LogP contribution in [-0.4, -0.2) is 34.7 Å². The maximum atomic E-state index is 11.7. The first-order valence-electron chi connectivity index (χ1n) is 5.71. The van der Waals surface area contributed by atoms with Gasteiger partial charge in [0.25, 0.3) is 0 Å².